The van der Waals surface area contributed by atoms with Crippen molar-refractivity contribution in [2.75, 3.05) is 14.2 Å². The molecule has 138 valence electrons. The molecular formula is C21H26N2O3. The summed E-state index contributed by atoms with van der Waals surface area (Å²) in [6, 6.07) is 16.9. The molecular weight excluding hydrogens is 328 g/mol. The number of carbonyl (C=O) groups is 2. The molecule has 0 saturated heterocycles. The standard InChI is InChI=1S/C21H26N2O3/c1-16(21(25)22-2)23(15-18-10-7-11-19(14-18)26-3)20(24)13-12-17-8-5-4-6-9-17/h4-11,14,16H,12-13,15H2,1-3H3,(H,22,25). The first kappa shape index (κ1) is 19.5. The Kier molecular flexibility index (Phi) is 7.21. The Morgan fingerprint density at radius 1 is 1.08 bits per heavy atom. The van der Waals surface area contributed by atoms with Gasteiger partial charge >= 0.3 is 0 Å². The maximum Gasteiger partial charge on any atom is 0.242 e. The number of amides is 2. The molecule has 5 nitrogen and oxygen atoms in total. The number of hydrogen-bond acceptors (Lipinski definition) is 3. The smallest absolute Gasteiger partial charge is 0.242 e. The van der Waals surface area contributed by atoms with E-state index in [2.05, 4.69) is 5.32 Å². The summed E-state index contributed by atoms with van der Waals surface area (Å²) in [6.45, 7) is 2.11. The highest BCUT2D eigenvalue weighted by Crippen LogP contribution is 2.17. The molecule has 26 heavy (non-hydrogen) atoms. The van der Waals surface area contributed by atoms with Gasteiger partial charge in [0.1, 0.15) is 11.8 Å². The summed E-state index contributed by atoms with van der Waals surface area (Å²) in [4.78, 5) is 26.6. The van der Waals surface area contributed by atoms with Crippen LogP contribution < -0.4 is 10.1 Å². The SMILES string of the molecule is CNC(=O)C(C)N(Cc1cccc(OC)c1)C(=O)CCc1ccccc1. The normalized spacial score (nSPS) is 11.5. The molecule has 0 aromatic heterocycles. The Morgan fingerprint density at radius 2 is 1.77 bits per heavy atom. The predicted molar refractivity (Wildman–Crippen MR) is 102 cm³/mol. The summed E-state index contributed by atoms with van der Waals surface area (Å²) in [5.74, 6) is 0.500. The van der Waals surface area contributed by atoms with Gasteiger partial charge in [0.05, 0.1) is 7.11 Å². The summed E-state index contributed by atoms with van der Waals surface area (Å²) in [6.07, 6.45) is 1.00. The van der Waals surface area contributed by atoms with E-state index in [1.165, 1.54) is 0 Å². The summed E-state index contributed by atoms with van der Waals surface area (Å²) < 4.78 is 5.25. The molecule has 2 rings (SSSR count). The number of likely N-dealkylation sites (N-methyl/N-ethyl adjacent to an activating group) is 1. The van der Waals surface area contributed by atoms with Gasteiger partial charge in [0.15, 0.2) is 0 Å². The zero-order valence-electron chi connectivity index (χ0n) is 15.6. The zero-order valence-corrected chi connectivity index (χ0v) is 15.6. The minimum atomic E-state index is -0.547. The van der Waals surface area contributed by atoms with E-state index < -0.39 is 6.04 Å². The van der Waals surface area contributed by atoms with Crippen molar-refractivity contribution >= 4 is 11.8 Å². The van der Waals surface area contributed by atoms with E-state index in [1.807, 2.05) is 54.6 Å². The van der Waals surface area contributed by atoms with Gasteiger partial charge in [-0.3, -0.25) is 9.59 Å². The number of methoxy groups -OCH3 is 1. The maximum atomic E-state index is 12.9. The number of benzene rings is 2. The number of carbonyl (C=O) groups excluding carboxylic acids is 2. The second-order valence-electron chi connectivity index (χ2n) is 6.15. The molecule has 2 amide bonds. The second-order valence-corrected chi connectivity index (χ2v) is 6.15. The van der Waals surface area contributed by atoms with Crippen molar-refractivity contribution < 1.29 is 14.3 Å². The third kappa shape index (κ3) is 5.34. The minimum Gasteiger partial charge on any atom is -0.497 e. The van der Waals surface area contributed by atoms with Gasteiger partial charge in [-0.25, -0.2) is 0 Å². The maximum absolute atomic E-state index is 12.9. The van der Waals surface area contributed by atoms with Crippen molar-refractivity contribution in [3.63, 3.8) is 0 Å². The van der Waals surface area contributed by atoms with Crippen molar-refractivity contribution in [2.45, 2.75) is 32.4 Å². The molecule has 0 saturated carbocycles. The Bertz CT molecular complexity index is 731. The molecule has 2 aromatic rings. The molecule has 0 aliphatic heterocycles. The third-order valence-electron chi connectivity index (χ3n) is 4.37. The third-order valence-corrected chi connectivity index (χ3v) is 4.37. The van der Waals surface area contributed by atoms with Gasteiger partial charge < -0.3 is 15.0 Å². The van der Waals surface area contributed by atoms with E-state index >= 15 is 0 Å². The largest absolute Gasteiger partial charge is 0.497 e. The van der Waals surface area contributed by atoms with E-state index in [0.29, 0.717) is 19.4 Å². The van der Waals surface area contributed by atoms with Crippen LogP contribution in [-0.2, 0) is 22.6 Å². The lowest BCUT2D eigenvalue weighted by Crippen LogP contribution is -2.46. The molecule has 2 aromatic carbocycles. The first-order valence-electron chi connectivity index (χ1n) is 8.73. The van der Waals surface area contributed by atoms with Crippen LogP contribution in [0.15, 0.2) is 54.6 Å². The molecule has 0 radical (unpaired) electrons. The monoisotopic (exact) mass is 354 g/mol. The van der Waals surface area contributed by atoms with Crippen molar-refractivity contribution in [2.24, 2.45) is 0 Å². The lowest BCUT2D eigenvalue weighted by atomic mass is 10.1. The number of nitrogens with one attached hydrogen (secondary N) is 1. The fraction of sp³-hybridized carbons (Fsp3) is 0.333. The molecule has 0 aliphatic carbocycles. The van der Waals surface area contributed by atoms with E-state index in [0.717, 1.165) is 16.9 Å². The van der Waals surface area contributed by atoms with Crippen LogP contribution in [0.2, 0.25) is 0 Å². The van der Waals surface area contributed by atoms with Gasteiger partial charge in [-0.2, -0.15) is 0 Å². The molecule has 0 aliphatic rings. The highest BCUT2D eigenvalue weighted by molar-refractivity contribution is 5.87. The van der Waals surface area contributed by atoms with Crippen molar-refractivity contribution in [1.82, 2.24) is 10.2 Å². The quantitative estimate of drug-likeness (QED) is 0.793. The van der Waals surface area contributed by atoms with E-state index in [4.69, 9.17) is 4.74 Å². The van der Waals surface area contributed by atoms with Gasteiger partial charge in [-0.1, -0.05) is 42.5 Å². The number of nitrogens with zero attached hydrogens (tertiary/aromatic N) is 1. The first-order chi connectivity index (χ1) is 12.5. The lowest BCUT2D eigenvalue weighted by Gasteiger charge is -2.28. The Hall–Kier alpha value is -2.82. The number of ether oxygens (including phenoxy) is 1. The average Bonchev–Trinajstić information content (AvgIpc) is 2.70. The van der Waals surface area contributed by atoms with Crippen molar-refractivity contribution in [3.05, 3.63) is 65.7 Å². The Labute approximate surface area is 155 Å². The van der Waals surface area contributed by atoms with Crippen LogP contribution in [0.3, 0.4) is 0 Å². The van der Waals surface area contributed by atoms with Gasteiger partial charge in [0.2, 0.25) is 11.8 Å². The summed E-state index contributed by atoms with van der Waals surface area (Å²) in [7, 11) is 3.19. The fourth-order valence-electron chi connectivity index (χ4n) is 2.80. The molecule has 0 heterocycles. The second kappa shape index (κ2) is 9.61. The fourth-order valence-corrected chi connectivity index (χ4v) is 2.80. The molecule has 0 bridgehead atoms. The molecule has 1 N–H and O–H groups in total. The van der Waals surface area contributed by atoms with Gasteiger partial charge in [0.25, 0.3) is 0 Å². The van der Waals surface area contributed by atoms with Gasteiger partial charge in [-0.15, -0.1) is 0 Å². The molecule has 1 atom stereocenters. The molecule has 1 unspecified atom stereocenters. The highest BCUT2D eigenvalue weighted by atomic mass is 16.5. The zero-order chi connectivity index (χ0) is 18.9. The van der Waals surface area contributed by atoms with Crippen LogP contribution in [0.25, 0.3) is 0 Å². The van der Waals surface area contributed by atoms with Gasteiger partial charge in [0, 0.05) is 20.0 Å². The van der Waals surface area contributed by atoms with Gasteiger partial charge in [-0.05, 0) is 36.6 Å². The van der Waals surface area contributed by atoms with Crippen LogP contribution in [0.1, 0.15) is 24.5 Å². The highest BCUT2D eigenvalue weighted by Gasteiger charge is 2.25. The van der Waals surface area contributed by atoms with Crippen molar-refractivity contribution in [3.8, 4) is 5.75 Å². The van der Waals surface area contributed by atoms with E-state index in [1.54, 1.807) is 26.0 Å². The number of aryl methyl sites for hydroxylation is 1. The molecule has 0 spiro atoms. The number of rotatable bonds is 8. The molecule has 0 fully saturated rings. The number of hydrogen-bond donors (Lipinski definition) is 1. The summed E-state index contributed by atoms with van der Waals surface area (Å²) in [5.41, 5.74) is 2.03. The first-order valence-corrected chi connectivity index (χ1v) is 8.73. The summed E-state index contributed by atoms with van der Waals surface area (Å²) in [5, 5.41) is 2.62. The average molecular weight is 354 g/mol. The van der Waals surface area contributed by atoms with Crippen LogP contribution in [0.4, 0.5) is 0 Å². The molecule has 5 heteroatoms. The van der Waals surface area contributed by atoms with Crippen LogP contribution in [0.5, 0.6) is 5.75 Å². The Morgan fingerprint density at radius 3 is 2.42 bits per heavy atom. The van der Waals surface area contributed by atoms with Crippen LogP contribution in [-0.4, -0.2) is 36.9 Å². The van der Waals surface area contributed by atoms with Crippen LogP contribution in [0, 0.1) is 0 Å². The van der Waals surface area contributed by atoms with Crippen molar-refractivity contribution in [1.29, 1.82) is 0 Å². The minimum absolute atomic E-state index is 0.0484. The predicted octanol–water partition coefficient (Wildman–Crippen LogP) is 2.79. The lowest BCUT2D eigenvalue weighted by molar-refractivity contribution is -0.140. The topological polar surface area (TPSA) is 58.6 Å². The Balaban J connectivity index is 2.14. The summed E-state index contributed by atoms with van der Waals surface area (Å²) >= 11 is 0. The van der Waals surface area contributed by atoms with E-state index in [9.17, 15) is 9.59 Å². The van der Waals surface area contributed by atoms with Crippen LogP contribution >= 0.6 is 0 Å². The van der Waals surface area contributed by atoms with E-state index in [-0.39, 0.29) is 11.8 Å².